The summed E-state index contributed by atoms with van der Waals surface area (Å²) in [5, 5.41) is 3.87. The van der Waals surface area contributed by atoms with Crippen LogP contribution in [0.2, 0.25) is 10.0 Å². The zero-order valence-electron chi connectivity index (χ0n) is 11.7. The average molecular weight is 324 g/mol. The number of benzene rings is 2. The molecule has 21 heavy (non-hydrogen) atoms. The topological polar surface area (TPSA) is 38.3 Å². The molecule has 1 atom stereocenters. The molecule has 0 spiro atoms. The molecule has 5 heteroatoms. The van der Waals surface area contributed by atoms with E-state index in [4.69, 9.17) is 27.9 Å². The summed E-state index contributed by atoms with van der Waals surface area (Å²) in [5.74, 6) is 0.336. The molecule has 1 amide bonds. The summed E-state index contributed by atoms with van der Waals surface area (Å²) < 4.78 is 5.19. The predicted molar refractivity (Wildman–Crippen MR) is 85.3 cm³/mol. The Hall–Kier alpha value is -1.71. The second kappa shape index (κ2) is 6.83. The maximum absolute atomic E-state index is 12.3. The number of methoxy groups -OCH3 is 1. The van der Waals surface area contributed by atoms with E-state index in [1.54, 1.807) is 30.3 Å². The highest BCUT2D eigenvalue weighted by atomic mass is 35.5. The van der Waals surface area contributed by atoms with Crippen molar-refractivity contribution in [1.82, 2.24) is 5.32 Å². The fourth-order valence-electron chi connectivity index (χ4n) is 1.97. The second-order valence-corrected chi connectivity index (χ2v) is 5.38. The Labute approximate surface area is 133 Å². The van der Waals surface area contributed by atoms with Crippen LogP contribution in [-0.4, -0.2) is 13.0 Å². The van der Waals surface area contributed by atoms with Crippen LogP contribution < -0.4 is 10.1 Å². The van der Waals surface area contributed by atoms with E-state index in [-0.39, 0.29) is 11.9 Å². The van der Waals surface area contributed by atoms with Gasteiger partial charge in [0.05, 0.1) is 28.8 Å². The summed E-state index contributed by atoms with van der Waals surface area (Å²) >= 11 is 11.9. The van der Waals surface area contributed by atoms with Crippen LogP contribution in [0.5, 0.6) is 5.75 Å². The molecule has 2 aromatic carbocycles. The first-order chi connectivity index (χ1) is 10.0. The third-order valence-electron chi connectivity index (χ3n) is 3.14. The van der Waals surface area contributed by atoms with Gasteiger partial charge in [-0.1, -0.05) is 41.4 Å². The van der Waals surface area contributed by atoms with E-state index < -0.39 is 0 Å². The number of rotatable bonds is 4. The lowest BCUT2D eigenvalue weighted by Gasteiger charge is -2.16. The van der Waals surface area contributed by atoms with Gasteiger partial charge in [-0.05, 0) is 36.8 Å². The Balaban J connectivity index is 2.16. The molecule has 0 aliphatic rings. The normalized spacial score (nSPS) is 11.8. The zero-order chi connectivity index (χ0) is 15.4. The fourth-order valence-corrected chi connectivity index (χ4v) is 2.28. The van der Waals surface area contributed by atoms with E-state index in [9.17, 15) is 4.79 Å². The van der Waals surface area contributed by atoms with Crippen molar-refractivity contribution >= 4 is 29.1 Å². The lowest BCUT2D eigenvalue weighted by molar-refractivity contribution is 0.0937. The van der Waals surface area contributed by atoms with Crippen molar-refractivity contribution in [3.8, 4) is 5.75 Å². The molecule has 0 bridgehead atoms. The molecule has 3 nitrogen and oxygen atoms in total. The smallest absolute Gasteiger partial charge is 0.255 e. The molecule has 0 heterocycles. The highest BCUT2D eigenvalue weighted by Gasteiger charge is 2.15. The second-order valence-electron chi connectivity index (χ2n) is 4.57. The molecule has 0 saturated heterocycles. The maximum atomic E-state index is 12.3. The number of para-hydroxylation sites is 1. The third-order valence-corrected chi connectivity index (χ3v) is 3.88. The van der Waals surface area contributed by atoms with Crippen LogP contribution in [0.25, 0.3) is 0 Å². The van der Waals surface area contributed by atoms with E-state index in [0.717, 1.165) is 5.56 Å². The standard InChI is InChI=1S/C16H15Cl2NO2/c1-10(11-7-8-13(17)14(18)9-11)19-16(20)12-5-3-4-6-15(12)21-2/h3-10H,1-2H3,(H,19,20). The number of hydrogen-bond acceptors (Lipinski definition) is 2. The number of nitrogens with one attached hydrogen (secondary N) is 1. The van der Waals surface area contributed by atoms with Gasteiger partial charge in [0.25, 0.3) is 5.91 Å². The van der Waals surface area contributed by atoms with Gasteiger partial charge in [0, 0.05) is 0 Å². The predicted octanol–water partition coefficient (Wildman–Crippen LogP) is 4.49. The van der Waals surface area contributed by atoms with Crippen molar-refractivity contribution in [1.29, 1.82) is 0 Å². The molecular formula is C16H15Cl2NO2. The number of carbonyl (C=O) groups is 1. The third kappa shape index (κ3) is 3.69. The first kappa shape index (κ1) is 15.7. The van der Waals surface area contributed by atoms with Crippen molar-refractivity contribution in [3.05, 3.63) is 63.6 Å². The van der Waals surface area contributed by atoms with Crippen molar-refractivity contribution < 1.29 is 9.53 Å². The Bertz CT molecular complexity index is 658. The minimum Gasteiger partial charge on any atom is -0.496 e. The molecule has 1 N–H and O–H groups in total. The van der Waals surface area contributed by atoms with E-state index in [2.05, 4.69) is 5.32 Å². The van der Waals surface area contributed by atoms with Crippen LogP contribution in [0.15, 0.2) is 42.5 Å². The molecule has 2 rings (SSSR count). The van der Waals surface area contributed by atoms with Gasteiger partial charge in [-0.2, -0.15) is 0 Å². The van der Waals surface area contributed by atoms with Gasteiger partial charge in [0.15, 0.2) is 0 Å². The van der Waals surface area contributed by atoms with Gasteiger partial charge in [-0.15, -0.1) is 0 Å². The molecule has 0 aliphatic heterocycles. The summed E-state index contributed by atoms with van der Waals surface area (Å²) in [4.78, 5) is 12.3. The fraction of sp³-hybridized carbons (Fsp3) is 0.188. The van der Waals surface area contributed by atoms with E-state index >= 15 is 0 Å². The van der Waals surface area contributed by atoms with Crippen LogP contribution in [0.1, 0.15) is 28.9 Å². The molecule has 0 radical (unpaired) electrons. The van der Waals surface area contributed by atoms with Gasteiger partial charge in [0.2, 0.25) is 0 Å². The van der Waals surface area contributed by atoms with Crippen LogP contribution in [0.4, 0.5) is 0 Å². The molecule has 2 aromatic rings. The first-order valence-corrected chi connectivity index (χ1v) is 7.17. The molecule has 0 aliphatic carbocycles. The van der Waals surface area contributed by atoms with Gasteiger partial charge < -0.3 is 10.1 Å². The minimum atomic E-state index is -0.203. The summed E-state index contributed by atoms with van der Waals surface area (Å²) in [6.07, 6.45) is 0. The van der Waals surface area contributed by atoms with Crippen LogP contribution in [0, 0.1) is 0 Å². The molecular weight excluding hydrogens is 309 g/mol. The lowest BCUT2D eigenvalue weighted by Crippen LogP contribution is -2.27. The highest BCUT2D eigenvalue weighted by Crippen LogP contribution is 2.26. The lowest BCUT2D eigenvalue weighted by atomic mass is 10.1. The monoisotopic (exact) mass is 323 g/mol. The summed E-state index contributed by atoms with van der Waals surface area (Å²) in [6.45, 7) is 1.88. The maximum Gasteiger partial charge on any atom is 0.255 e. The first-order valence-electron chi connectivity index (χ1n) is 6.41. The highest BCUT2D eigenvalue weighted by molar-refractivity contribution is 6.42. The number of ether oxygens (including phenoxy) is 1. The Morgan fingerprint density at radius 3 is 2.52 bits per heavy atom. The van der Waals surface area contributed by atoms with Gasteiger partial charge in [0.1, 0.15) is 5.75 Å². The molecule has 0 fully saturated rings. The van der Waals surface area contributed by atoms with Crippen LogP contribution in [0.3, 0.4) is 0 Å². The van der Waals surface area contributed by atoms with E-state index in [0.29, 0.717) is 21.4 Å². The van der Waals surface area contributed by atoms with Gasteiger partial charge in [-0.25, -0.2) is 0 Å². The van der Waals surface area contributed by atoms with Gasteiger partial charge in [-0.3, -0.25) is 4.79 Å². The molecule has 0 saturated carbocycles. The van der Waals surface area contributed by atoms with E-state index in [1.807, 2.05) is 19.1 Å². The Morgan fingerprint density at radius 1 is 1.14 bits per heavy atom. The molecule has 110 valence electrons. The summed E-state index contributed by atoms with van der Waals surface area (Å²) in [5.41, 5.74) is 1.37. The zero-order valence-corrected chi connectivity index (χ0v) is 13.2. The van der Waals surface area contributed by atoms with Crippen LogP contribution in [-0.2, 0) is 0 Å². The van der Waals surface area contributed by atoms with Crippen LogP contribution >= 0.6 is 23.2 Å². The number of carbonyl (C=O) groups excluding carboxylic acids is 1. The average Bonchev–Trinajstić information content (AvgIpc) is 2.49. The molecule has 0 aromatic heterocycles. The largest absolute Gasteiger partial charge is 0.496 e. The van der Waals surface area contributed by atoms with Crippen molar-refractivity contribution in [2.45, 2.75) is 13.0 Å². The Morgan fingerprint density at radius 2 is 1.86 bits per heavy atom. The summed E-state index contributed by atoms with van der Waals surface area (Å²) in [6, 6.07) is 12.2. The minimum absolute atomic E-state index is 0.197. The van der Waals surface area contributed by atoms with Gasteiger partial charge >= 0.3 is 0 Å². The number of halogens is 2. The number of amides is 1. The quantitative estimate of drug-likeness (QED) is 0.900. The Kier molecular flexibility index (Phi) is 5.10. The molecule has 1 unspecified atom stereocenters. The van der Waals surface area contributed by atoms with E-state index in [1.165, 1.54) is 7.11 Å². The van der Waals surface area contributed by atoms with Crippen molar-refractivity contribution in [2.75, 3.05) is 7.11 Å². The number of hydrogen-bond donors (Lipinski definition) is 1. The van der Waals surface area contributed by atoms with Crippen molar-refractivity contribution in [2.24, 2.45) is 0 Å². The SMILES string of the molecule is COc1ccccc1C(=O)NC(C)c1ccc(Cl)c(Cl)c1. The van der Waals surface area contributed by atoms with Crippen molar-refractivity contribution in [3.63, 3.8) is 0 Å². The summed E-state index contributed by atoms with van der Waals surface area (Å²) in [7, 11) is 1.54.